The highest BCUT2D eigenvalue weighted by Gasteiger charge is 2.19. The average Bonchev–Trinajstić information content (AvgIpc) is 2.40. The lowest BCUT2D eigenvalue weighted by Crippen LogP contribution is -2.39. The molecule has 1 aromatic rings. The Hall–Kier alpha value is -1.68. The maximum Gasteiger partial charge on any atom is 0.254 e. The molecule has 0 saturated carbocycles. The first-order chi connectivity index (χ1) is 9.11. The van der Waals surface area contributed by atoms with Crippen molar-refractivity contribution in [3.8, 4) is 0 Å². The van der Waals surface area contributed by atoms with Crippen molar-refractivity contribution in [3.63, 3.8) is 0 Å². The van der Waals surface area contributed by atoms with Crippen LogP contribution in [0.5, 0.6) is 0 Å². The largest absolute Gasteiger partial charge is 0.381 e. The number of halogens is 1. The number of aryl methyl sites for hydroxylation is 1. The third kappa shape index (κ3) is 3.20. The Morgan fingerprint density at radius 3 is 2.79 bits per heavy atom. The number of rotatable bonds is 3. The lowest BCUT2D eigenvalue weighted by Gasteiger charge is -2.23. The quantitative estimate of drug-likeness (QED) is 0.910. The Labute approximate surface area is 112 Å². The van der Waals surface area contributed by atoms with E-state index in [0.717, 1.165) is 24.0 Å². The molecule has 0 aromatic heterocycles. The molecule has 2 rings (SSSR count). The molecule has 0 bridgehead atoms. The van der Waals surface area contributed by atoms with E-state index in [0.29, 0.717) is 13.2 Å². The van der Waals surface area contributed by atoms with Crippen LogP contribution in [-0.2, 0) is 4.74 Å². The zero-order chi connectivity index (χ0) is 13.8. The van der Waals surface area contributed by atoms with E-state index >= 15 is 0 Å². The van der Waals surface area contributed by atoms with Gasteiger partial charge in [-0.05, 0) is 43.0 Å². The highest BCUT2D eigenvalue weighted by Crippen LogP contribution is 2.17. The van der Waals surface area contributed by atoms with Crippen LogP contribution in [0.15, 0.2) is 18.7 Å². The molecule has 1 saturated heterocycles. The first-order valence-electron chi connectivity index (χ1n) is 6.43. The highest BCUT2D eigenvalue weighted by molar-refractivity contribution is 5.95. The van der Waals surface area contributed by atoms with E-state index in [1.165, 1.54) is 6.07 Å². The fourth-order valence-corrected chi connectivity index (χ4v) is 2.19. The van der Waals surface area contributed by atoms with E-state index in [4.69, 9.17) is 4.74 Å². The number of carbonyl (C=O) groups is 1. The number of amides is 1. The van der Waals surface area contributed by atoms with Gasteiger partial charge >= 0.3 is 0 Å². The van der Waals surface area contributed by atoms with Gasteiger partial charge in [0.25, 0.3) is 5.91 Å². The molecule has 0 atom stereocenters. The highest BCUT2D eigenvalue weighted by atomic mass is 19.1. The van der Waals surface area contributed by atoms with Crippen molar-refractivity contribution in [1.82, 2.24) is 5.32 Å². The van der Waals surface area contributed by atoms with Crippen LogP contribution < -0.4 is 5.32 Å². The topological polar surface area (TPSA) is 38.3 Å². The van der Waals surface area contributed by atoms with Crippen molar-refractivity contribution >= 4 is 12.0 Å². The number of ether oxygens (including phenoxy) is 1. The van der Waals surface area contributed by atoms with Crippen LogP contribution in [0.4, 0.5) is 4.39 Å². The molecular weight excluding hydrogens is 245 g/mol. The van der Waals surface area contributed by atoms with Crippen LogP contribution in [0.25, 0.3) is 6.08 Å². The van der Waals surface area contributed by atoms with Crippen LogP contribution in [0.1, 0.15) is 34.3 Å². The van der Waals surface area contributed by atoms with E-state index in [-0.39, 0.29) is 17.5 Å². The molecule has 0 unspecified atom stereocenters. The molecule has 1 fully saturated rings. The summed E-state index contributed by atoms with van der Waals surface area (Å²) in [7, 11) is 0. The molecule has 1 aliphatic rings. The van der Waals surface area contributed by atoms with Crippen LogP contribution in [0, 0.1) is 12.7 Å². The second-order valence-corrected chi connectivity index (χ2v) is 4.75. The zero-order valence-electron chi connectivity index (χ0n) is 11.0. The third-order valence-electron chi connectivity index (χ3n) is 3.38. The molecule has 0 spiro atoms. The first-order valence-corrected chi connectivity index (χ1v) is 6.43. The summed E-state index contributed by atoms with van der Waals surface area (Å²) in [5, 5.41) is 2.85. The fourth-order valence-electron chi connectivity index (χ4n) is 2.19. The Morgan fingerprint density at radius 2 is 2.16 bits per heavy atom. The minimum absolute atomic E-state index is 0.0640. The van der Waals surface area contributed by atoms with Crippen LogP contribution in [-0.4, -0.2) is 25.2 Å². The number of benzene rings is 1. The maximum atomic E-state index is 13.9. The predicted molar refractivity (Wildman–Crippen MR) is 72.5 cm³/mol. The number of nitrogens with one attached hydrogen (secondary N) is 1. The first kappa shape index (κ1) is 13.7. The minimum Gasteiger partial charge on any atom is -0.381 e. The van der Waals surface area contributed by atoms with E-state index in [9.17, 15) is 9.18 Å². The number of carbonyl (C=O) groups excluding carboxylic acids is 1. The molecule has 0 radical (unpaired) electrons. The molecule has 1 N–H and O–H groups in total. The summed E-state index contributed by atoms with van der Waals surface area (Å²) in [6, 6.07) is 2.98. The summed E-state index contributed by atoms with van der Waals surface area (Å²) in [6.07, 6.45) is 3.17. The molecular formula is C15H18FNO2. The minimum atomic E-state index is -0.493. The summed E-state index contributed by atoms with van der Waals surface area (Å²) >= 11 is 0. The molecule has 0 aliphatic carbocycles. The normalized spacial score (nSPS) is 16.1. The summed E-state index contributed by atoms with van der Waals surface area (Å²) in [5.74, 6) is -0.861. The van der Waals surface area contributed by atoms with Crippen molar-refractivity contribution < 1.29 is 13.9 Å². The van der Waals surface area contributed by atoms with Gasteiger partial charge in [0.2, 0.25) is 0 Å². The number of hydrogen-bond acceptors (Lipinski definition) is 2. The SMILES string of the molecule is C=Cc1cc(C(=O)NC2CCOCC2)c(F)cc1C. The molecule has 19 heavy (non-hydrogen) atoms. The van der Waals surface area contributed by atoms with Crippen LogP contribution in [0.2, 0.25) is 0 Å². The summed E-state index contributed by atoms with van der Waals surface area (Å²) in [5.41, 5.74) is 1.63. The van der Waals surface area contributed by atoms with Gasteiger partial charge in [0.05, 0.1) is 5.56 Å². The van der Waals surface area contributed by atoms with E-state index in [2.05, 4.69) is 11.9 Å². The Bertz CT molecular complexity index is 493. The van der Waals surface area contributed by atoms with Gasteiger partial charge in [-0.2, -0.15) is 0 Å². The summed E-state index contributed by atoms with van der Waals surface area (Å²) in [4.78, 5) is 12.1. The number of hydrogen-bond donors (Lipinski definition) is 1. The van der Waals surface area contributed by atoms with Gasteiger partial charge < -0.3 is 10.1 Å². The van der Waals surface area contributed by atoms with Gasteiger partial charge in [-0.15, -0.1) is 0 Å². The fraction of sp³-hybridized carbons (Fsp3) is 0.400. The van der Waals surface area contributed by atoms with Gasteiger partial charge in [0.15, 0.2) is 0 Å². The van der Waals surface area contributed by atoms with Crippen molar-refractivity contribution in [2.45, 2.75) is 25.8 Å². The summed E-state index contributed by atoms with van der Waals surface area (Å²) < 4.78 is 19.1. The molecule has 1 aliphatic heterocycles. The van der Waals surface area contributed by atoms with Crippen molar-refractivity contribution in [2.75, 3.05) is 13.2 Å². The second-order valence-electron chi connectivity index (χ2n) is 4.75. The molecule has 4 heteroatoms. The predicted octanol–water partition coefficient (Wildman–Crippen LogP) is 2.69. The van der Waals surface area contributed by atoms with Crippen molar-refractivity contribution in [1.29, 1.82) is 0 Å². The Morgan fingerprint density at radius 1 is 1.47 bits per heavy atom. The molecule has 1 amide bonds. The average molecular weight is 263 g/mol. The molecule has 102 valence electrons. The standard InChI is InChI=1S/C15H18FNO2/c1-3-11-9-13(14(16)8-10(11)2)15(18)17-12-4-6-19-7-5-12/h3,8-9,12H,1,4-7H2,2H3,(H,17,18). The van der Waals surface area contributed by atoms with E-state index in [1.807, 2.05) is 0 Å². The zero-order valence-corrected chi connectivity index (χ0v) is 11.0. The Balaban J connectivity index is 2.16. The smallest absolute Gasteiger partial charge is 0.254 e. The van der Waals surface area contributed by atoms with Crippen LogP contribution in [0.3, 0.4) is 0 Å². The molecule has 1 heterocycles. The van der Waals surface area contributed by atoms with Gasteiger partial charge in [-0.3, -0.25) is 4.79 Å². The van der Waals surface area contributed by atoms with Crippen molar-refractivity contribution in [2.24, 2.45) is 0 Å². The second kappa shape index (κ2) is 5.97. The van der Waals surface area contributed by atoms with Crippen molar-refractivity contribution in [3.05, 3.63) is 41.2 Å². The lowest BCUT2D eigenvalue weighted by atomic mass is 10.0. The molecule has 3 nitrogen and oxygen atoms in total. The van der Waals surface area contributed by atoms with Gasteiger partial charge in [0, 0.05) is 19.3 Å². The Kier molecular flexibility index (Phi) is 4.32. The van der Waals surface area contributed by atoms with Crippen LogP contribution >= 0.6 is 0 Å². The van der Waals surface area contributed by atoms with E-state index < -0.39 is 5.82 Å². The van der Waals surface area contributed by atoms with Gasteiger partial charge in [-0.25, -0.2) is 4.39 Å². The summed E-state index contributed by atoms with van der Waals surface area (Å²) in [6.45, 7) is 6.74. The lowest BCUT2D eigenvalue weighted by molar-refractivity contribution is 0.0694. The molecule has 1 aromatic carbocycles. The van der Waals surface area contributed by atoms with E-state index in [1.54, 1.807) is 19.1 Å². The third-order valence-corrected chi connectivity index (χ3v) is 3.38. The monoisotopic (exact) mass is 263 g/mol. The van der Waals surface area contributed by atoms with Gasteiger partial charge in [0.1, 0.15) is 5.82 Å². The maximum absolute atomic E-state index is 13.9. The van der Waals surface area contributed by atoms with Gasteiger partial charge in [-0.1, -0.05) is 12.7 Å².